The molecule has 0 fully saturated rings. The van der Waals surface area contributed by atoms with Crippen LogP contribution in [-0.2, 0) is 10.0 Å². The van der Waals surface area contributed by atoms with E-state index in [0.29, 0.717) is 5.56 Å². The summed E-state index contributed by atoms with van der Waals surface area (Å²) in [5.74, 6) is -1.25. The van der Waals surface area contributed by atoms with Gasteiger partial charge in [-0.3, -0.25) is 0 Å². The number of benzene rings is 1. The minimum absolute atomic E-state index is 0.163. The molecule has 0 saturated heterocycles. The van der Waals surface area contributed by atoms with Crippen LogP contribution in [0.15, 0.2) is 23.1 Å². The van der Waals surface area contributed by atoms with Gasteiger partial charge in [-0.2, -0.15) is 0 Å². The van der Waals surface area contributed by atoms with E-state index in [9.17, 15) is 13.2 Å². The molecule has 0 aromatic heterocycles. The third kappa shape index (κ3) is 2.40. The molecular weight excluding hydrogens is 230 g/mol. The highest BCUT2D eigenvalue weighted by Crippen LogP contribution is 2.20. The Hall–Kier alpha value is -1.40. The number of nitrogens with one attached hydrogen (secondary N) is 1. The lowest BCUT2D eigenvalue weighted by Gasteiger charge is -2.10. The van der Waals surface area contributed by atoms with Crippen molar-refractivity contribution in [1.29, 1.82) is 0 Å². The van der Waals surface area contributed by atoms with Gasteiger partial charge in [-0.25, -0.2) is 17.9 Å². The van der Waals surface area contributed by atoms with Crippen molar-refractivity contribution in [2.24, 2.45) is 0 Å². The molecule has 16 heavy (non-hydrogen) atoms. The summed E-state index contributed by atoms with van der Waals surface area (Å²) in [5, 5.41) is 8.93. The van der Waals surface area contributed by atoms with Crippen LogP contribution < -0.4 is 4.72 Å². The summed E-state index contributed by atoms with van der Waals surface area (Å²) in [4.78, 5) is 10.8. The Balaban J connectivity index is 3.48. The average Bonchev–Trinajstić information content (AvgIpc) is 2.16. The van der Waals surface area contributed by atoms with Gasteiger partial charge in [0.25, 0.3) is 0 Å². The molecule has 2 N–H and O–H groups in total. The molecule has 1 rings (SSSR count). The first-order valence-corrected chi connectivity index (χ1v) is 6.21. The van der Waals surface area contributed by atoms with E-state index in [4.69, 9.17) is 5.11 Å². The Kier molecular flexibility index (Phi) is 3.66. The van der Waals surface area contributed by atoms with Crippen LogP contribution in [-0.4, -0.2) is 26.0 Å². The number of carbonyl (C=O) groups is 1. The summed E-state index contributed by atoms with van der Waals surface area (Å²) >= 11 is 0. The van der Waals surface area contributed by atoms with Crippen LogP contribution in [0.5, 0.6) is 0 Å². The molecule has 0 aliphatic rings. The van der Waals surface area contributed by atoms with Gasteiger partial charge in [0.2, 0.25) is 10.0 Å². The molecule has 6 heteroatoms. The second-order valence-corrected chi connectivity index (χ2v) is 4.96. The van der Waals surface area contributed by atoms with Gasteiger partial charge >= 0.3 is 5.97 Å². The Bertz CT molecular complexity index is 508. The molecule has 0 spiro atoms. The van der Waals surface area contributed by atoms with Gasteiger partial charge < -0.3 is 5.11 Å². The van der Waals surface area contributed by atoms with E-state index in [1.807, 2.05) is 0 Å². The SMILES string of the molecule is CCNS(=O)(=O)c1c(C)cccc1C(=O)O. The highest BCUT2D eigenvalue weighted by atomic mass is 32.2. The van der Waals surface area contributed by atoms with E-state index in [1.165, 1.54) is 12.1 Å². The fourth-order valence-corrected chi connectivity index (χ4v) is 2.90. The molecule has 5 nitrogen and oxygen atoms in total. The van der Waals surface area contributed by atoms with Gasteiger partial charge in [0.15, 0.2) is 0 Å². The quantitative estimate of drug-likeness (QED) is 0.826. The van der Waals surface area contributed by atoms with E-state index in [0.717, 1.165) is 0 Å². The highest BCUT2D eigenvalue weighted by Gasteiger charge is 2.23. The Morgan fingerprint density at radius 3 is 2.56 bits per heavy atom. The largest absolute Gasteiger partial charge is 0.478 e. The number of aryl methyl sites for hydroxylation is 1. The highest BCUT2D eigenvalue weighted by molar-refractivity contribution is 7.89. The zero-order valence-electron chi connectivity index (χ0n) is 9.02. The summed E-state index contributed by atoms with van der Waals surface area (Å²) < 4.78 is 25.9. The van der Waals surface area contributed by atoms with Crippen molar-refractivity contribution in [2.45, 2.75) is 18.7 Å². The van der Waals surface area contributed by atoms with Crippen LogP contribution in [0.3, 0.4) is 0 Å². The Labute approximate surface area is 94.2 Å². The zero-order valence-corrected chi connectivity index (χ0v) is 9.84. The molecule has 0 saturated carbocycles. The van der Waals surface area contributed by atoms with Crippen molar-refractivity contribution >= 4 is 16.0 Å². The topological polar surface area (TPSA) is 83.5 Å². The van der Waals surface area contributed by atoms with Crippen LogP contribution in [0.4, 0.5) is 0 Å². The number of hydrogen-bond acceptors (Lipinski definition) is 3. The first-order valence-electron chi connectivity index (χ1n) is 4.72. The fraction of sp³-hybridized carbons (Fsp3) is 0.300. The summed E-state index contributed by atoms with van der Waals surface area (Å²) in [7, 11) is -3.75. The number of carboxylic acid groups (broad SMARTS) is 1. The van der Waals surface area contributed by atoms with E-state index in [1.54, 1.807) is 19.9 Å². The third-order valence-electron chi connectivity index (χ3n) is 2.05. The van der Waals surface area contributed by atoms with Crippen LogP contribution in [0.2, 0.25) is 0 Å². The second kappa shape index (κ2) is 4.63. The van der Waals surface area contributed by atoms with Crippen molar-refractivity contribution in [3.05, 3.63) is 29.3 Å². The van der Waals surface area contributed by atoms with Crippen molar-refractivity contribution in [2.75, 3.05) is 6.54 Å². The van der Waals surface area contributed by atoms with E-state index in [2.05, 4.69) is 4.72 Å². The van der Waals surface area contributed by atoms with E-state index in [-0.39, 0.29) is 17.0 Å². The van der Waals surface area contributed by atoms with Crippen molar-refractivity contribution in [1.82, 2.24) is 4.72 Å². The molecule has 0 unspecified atom stereocenters. The van der Waals surface area contributed by atoms with Gasteiger partial charge in [-0.05, 0) is 18.6 Å². The van der Waals surface area contributed by atoms with Gasteiger partial charge in [0, 0.05) is 6.54 Å². The lowest BCUT2D eigenvalue weighted by molar-refractivity contribution is 0.0692. The van der Waals surface area contributed by atoms with Crippen LogP contribution in [0, 0.1) is 6.92 Å². The molecule has 0 aliphatic carbocycles. The molecule has 88 valence electrons. The maximum Gasteiger partial charge on any atom is 0.337 e. The first kappa shape index (κ1) is 12.7. The monoisotopic (exact) mass is 243 g/mol. The lowest BCUT2D eigenvalue weighted by Crippen LogP contribution is -2.26. The summed E-state index contributed by atoms with van der Waals surface area (Å²) in [6.45, 7) is 3.42. The maximum absolute atomic E-state index is 11.8. The molecular formula is C10H13NO4S. The van der Waals surface area contributed by atoms with Crippen molar-refractivity contribution in [3.8, 4) is 0 Å². The van der Waals surface area contributed by atoms with E-state index < -0.39 is 16.0 Å². The van der Waals surface area contributed by atoms with Crippen LogP contribution in [0.1, 0.15) is 22.8 Å². The minimum atomic E-state index is -3.75. The molecule has 0 amide bonds. The predicted molar refractivity (Wildman–Crippen MR) is 59.0 cm³/mol. The smallest absolute Gasteiger partial charge is 0.337 e. The average molecular weight is 243 g/mol. The number of carboxylic acids is 1. The van der Waals surface area contributed by atoms with Crippen molar-refractivity contribution in [3.63, 3.8) is 0 Å². The standard InChI is InChI=1S/C10H13NO4S/c1-3-11-16(14,15)9-7(2)5-4-6-8(9)10(12)13/h4-6,11H,3H2,1-2H3,(H,12,13). The van der Waals surface area contributed by atoms with Crippen molar-refractivity contribution < 1.29 is 18.3 Å². The molecule has 0 radical (unpaired) electrons. The lowest BCUT2D eigenvalue weighted by atomic mass is 10.1. The van der Waals surface area contributed by atoms with Gasteiger partial charge in [-0.1, -0.05) is 19.1 Å². The number of rotatable bonds is 4. The molecule has 0 atom stereocenters. The number of sulfonamides is 1. The zero-order chi connectivity index (χ0) is 12.3. The molecule has 1 aromatic rings. The normalized spacial score (nSPS) is 11.4. The Morgan fingerprint density at radius 1 is 1.44 bits per heavy atom. The van der Waals surface area contributed by atoms with Gasteiger partial charge in [0.1, 0.15) is 0 Å². The fourth-order valence-electron chi connectivity index (χ4n) is 1.44. The molecule has 0 aliphatic heterocycles. The predicted octanol–water partition coefficient (Wildman–Crippen LogP) is 0.991. The Morgan fingerprint density at radius 2 is 2.06 bits per heavy atom. The summed E-state index contributed by atoms with van der Waals surface area (Å²) in [6.07, 6.45) is 0. The number of hydrogen-bond donors (Lipinski definition) is 2. The van der Waals surface area contributed by atoms with Gasteiger partial charge in [0.05, 0.1) is 10.5 Å². The minimum Gasteiger partial charge on any atom is -0.478 e. The van der Waals surface area contributed by atoms with Crippen LogP contribution >= 0.6 is 0 Å². The molecule has 0 heterocycles. The van der Waals surface area contributed by atoms with E-state index >= 15 is 0 Å². The third-order valence-corrected chi connectivity index (χ3v) is 3.79. The molecule has 1 aromatic carbocycles. The number of aromatic carboxylic acids is 1. The molecule has 0 bridgehead atoms. The maximum atomic E-state index is 11.8. The van der Waals surface area contributed by atoms with Crippen LogP contribution in [0.25, 0.3) is 0 Å². The van der Waals surface area contributed by atoms with Gasteiger partial charge in [-0.15, -0.1) is 0 Å². The first-order chi connectivity index (χ1) is 7.40. The summed E-state index contributed by atoms with van der Waals surface area (Å²) in [6, 6.07) is 4.36. The second-order valence-electron chi connectivity index (χ2n) is 3.26. The summed E-state index contributed by atoms with van der Waals surface area (Å²) in [5.41, 5.74) is 0.210.